The molecular weight excluding hydrogens is 210 g/mol. The van der Waals surface area contributed by atoms with Crippen LogP contribution in [0.3, 0.4) is 0 Å². The first-order chi connectivity index (χ1) is 8.27. The molecule has 1 atom stereocenters. The zero-order chi connectivity index (χ0) is 11.8. The molecule has 3 heteroatoms. The average Bonchev–Trinajstić information content (AvgIpc) is 3.02. The summed E-state index contributed by atoms with van der Waals surface area (Å²) in [5, 5.41) is 3.29. The fraction of sp³-hybridized carbons (Fsp3) is 0.500. The fourth-order valence-corrected chi connectivity index (χ4v) is 2.68. The van der Waals surface area contributed by atoms with Crippen LogP contribution < -0.4 is 11.1 Å². The standard InChI is InChI=1S/C14H19N3/c1-9-3-2-4-11(12(9)10-5-6-10)13(15)14-16-7-8-17-14/h2-4,10,13H,5-8,15H2,1H3,(H,16,17). The fourth-order valence-electron chi connectivity index (χ4n) is 2.68. The van der Waals surface area contributed by atoms with Crippen LogP contribution >= 0.6 is 0 Å². The van der Waals surface area contributed by atoms with Crippen LogP contribution in [0.4, 0.5) is 0 Å². The Morgan fingerprint density at radius 1 is 1.41 bits per heavy atom. The molecule has 3 nitrogen and oxygen atoms in total. The molecular formula is C14H19N3. The van der Waals surface area contributed by atoms with Gasteiger partial charge in [0, 0.05) is 6.54 Å². The third-order valence-corrected chi connectivity index (χ3v) is 3.67. The van der Waals surface area contributed by atoms with E-state index in [1.54, 1.807) is 0 Å². The molecule has 1 fully saturated rings. The minimum Gasteiger partial charge on any atom is -0.370 e. The first-order valence-corrected chi connectivity index (χ1v) is 6.40. The van der Waals surface area contributed by atoms with Gasteiger partial charge in [0.2, 0.25) is 0 Å². The number of aliphatic imine (C=N–C) groups is 1. The molecule has 1 aliphatic heterocycles. The van der Waals surface area contributed by atoms with Crippen LogP contribution in [0.5, 0.6) is 0 Å². The van der Waals surface area contributed by atoms with Gasteiger partial charge in [-0.3, -0.25) is 4.99 Å². The van der Waals surface area contributed by atoms with Gasteiger partial charge in [-0.25, -0.2) is 0 Å². The van der Waals surface area contributed by atoms with Gasteiger partial charge in [0.25, 0.3) is 0 Å². The normalized spacial score (nSPS) is 20.9. The second-order valence-electron chi connectivity index (χ2n) is 5.02. The van der Waals surface area contributed by atoms with E-state index >= 15 is 0 Å². The monoisotopic (exact) mass is 229 g/mol. The topological polar surface area (TPSA) is 50.4 Å². The minimum absolute atomic E-state index is 0.0759. The summed E-state index contributed by atoms with van der Waals surface area (Å²) in [6.45, 7) is 3.97. The second kappa shape index (κ2) is 4.15. The van der Waals surface area contributed by atoms with E-state index in [9.17, 15) is 0 Å². The number of nitrogens with two attached hydrogens (primary N) is 1. The Balaban J connectivity index is 1.98. The van der Waals surface area contributed by atoms with Gasteiger partial charge in [0.15, 0.2) is 0 Å². The molecule has 0 amide bonds. The van der Waals surface area contributed by atoms with Crippen LogP contribution in [0, 0.1) is 6.92 Å². The van der Waals surface area contributed by atoms with Gasteiger partial charge >= 0.3 is 0 Å². The predicted molar refractivity (Wildman–Crippen MR) is 70.4 cm³/mol. The number of rotatable bonds is 3. The van der Waals surface area contributed by atoms with Crippen LogP contribution in [-0.4, -0.2) is 18.9 Å². The Labute approximate surface area is 102 Å². The summed E-state index contributed by atoms with van der Waals surface area (Å²) >= 11 is 0. The Kier molecular flexibility index (Phi) is 2.63. The van der Waals surface area contributed by atoms with Gasteiger partial charge in [-0.15, -0.1) is 0 Å². The Hall–Kier alpha value is -1.35. The van der Waals surface area contributed by atoms with Crippen molar-refractivity contribution >= 4 is 5.84 Å². The van der Waals surface area contributed by atoms with E-state index < -0.39 is 0 Å². The molecule has 0 radical (unpaired) electrons. The molecule has 1 unspecified atom stereocenters. The molecule has 0 spiro atoms. The van der Waals surface area contributed by atoms with Gasteiger partial charge in [-0.05, 0) is 42.4 Å². The van der Waals surface area contributed by atoms with Crippen molar-refractivity contribution in [3.8, 4) is 0 Å². The molecule has 2 aliphatic rings. The van der Waals surface area contributed by atoms with Gasteiger partial charge in [0.1, 0.15) is 5.84 Å². The van der Waals surface area contributed by atoms with Gasteiger partial charge in [-0.1, -0.05) is 18.2 Å². The Morgan fingerprint density at radius 2 is 2.24 bits per heavy atom. The summed E-state index contributed by atoms with van der Waals surface area (Å²) in [6, 6.07) is 6.38. The number of benzene rings is 1. The molecule has 0 bridgehead atoms. The highest BCUT2D eigenvalue weighted by molar-refractivity contribution is 5.90. The smallest absolute Gasteiger partial charge is 0.118 e. The maximum Gasteiger partial charge on any atom is 0.118 e. The lowest BCUT2D eigenvalue weighted by atomic mass is 9.93. The van der Waals surface area contributed by atoms with E-state index in [-0.39, 0.29) is 6.04 Å². The van der Waals surface area contributed by atoms with E-state index in [0.717, 1.165) is 24.8 Å². The molecule has 90 valence electrons. The molecule has 1 aromatic rings. The molecule has 1 aromatic carbocycles. The lowest BCUT2D eigenvalue weighted by molar-refractivity contribution is 0.871. The number of nitrogens with one attached hydrogen (secondary N) is 1. The van der Waals surface area contributed by atoms with Crippen LogP contribution in [-0.2, 0) is 0 Å². The number of aryl methyl sites for hydroxylation is 1. The summed E-state index contributed by atoms with van der Waals surface area (Å²) < 4.78 is 0. The molecule has 1 heterocycles. The van der Waals surface area contributed by atoms with Crippen molar-refractivity contribution in [3.63, 3.8) is 0 Å². The van der Waals surface area contributed by atoms with Crippen LogP contribution in [0.25, 0.3) is 0 Å². The average molecular weight is 229 g/mol. The first-order valence-electron chi connectivity index (χ1n) is 6.40. The van der Waals surface area contributed by atoms with E-state index in [2.05, 4.69) is 35.4 Å². The van der Waals surface area contributed by atoms with Crippen LogP contribution in [0.2, 0.25) is 0 Å². The largest absolute Gasteiger partial charge is 0.370 e. The molecule has 0 aromatic heterocycles. The Bertz CT molecular complexity index is 461. The van der Waals surface area contributed by atoms with Gasteiger partial charge < -0.3 is 11.1 Å². The van der Waals surface area contributed by atoms with Gasteiger partial charge in [-0.2, -0.15) is 0 Å². The van der Waals surface area contributed by atoms with Crippen molar-refractivity contribution in [1.82, 2.24) is 5.32 Å². The number of nitrogens with zero attached hydrogens (tertiary/aromatic N) is 1. The number of hydrogen-bond donors (Lipinski definition) is 2. The van der Waals surface area contributed by atoms with E-state index in [1.165, 1.54) is 29.5 Å². The van der Waals surface area contributed by atoms with E-state index in [0.29, 0.717) is 0 Å². The van der Waals surface area contributed by atoms with E-state index in [4.69, 9.17) is 5.73 Å². The lowest BCUT2D eigenvalue weighted by Gasteiger charge is -2.18. The molecule has 0 saturated heterocycles. The predicted octanol–water partition coefficient (Wildman–Crippen LogP) is 1.87. The minimum atomic E-state index is -0.0759. The van der Waals surface area contributed by atoms with Crippen LogP contribution in [0.1, 0.15) is 41.5 Å². The van der Waals surface area contributed by atoms with Crippen molar-refractivity contribution in [1.29, 1.82) is 0 Å². The number of amidine groups is 1. The molecule has 3 N–H and O–H groups in total. The van der Waals surface area contributed by atoms with Crippen molar-refractivity contribution in [2.45, 2.75) is 31.7 Å². The summed E-state index contributed by atoms with van der Waals surface area (Å²) in [5.41, 5.74) is 10.4. The van der Waals surface area contributed by atoms with Crippen molar-refractivity contribution in [3.05, 3.63) is 34.9 Å². The molecule has 17 heavy (non-hydrogen) atoms. The zero-order valence-corrected chi connectivity index (χ0v) is 10.2. The highest BCUT2D eigenvalue weighted by atomic mass is 15.1. The molecule has 3 rings (SSSR count). The summed E-state index contributed by atoms with van der Waals surface area (Å²) in [7, 11) is 0. The maximum atomic E-state index is 6.34. The summed E-state index contributed by atoms with van der Waals surface area (Å²) in [5.74, 6) is 1.69. The maximum absolute atomic E-state index is 6.34. The van der Waals surface area contributed by atoms with Crippen LogP contribution in [0.15, 0.2) is 23.2 Å². The van der Waals surface area contributed by atoms with Gasteiger partial charge in [0.05, 0.1) is 12.6 Å². The highest BCUT2D eigenvalue weighted by Crippen LogP contribution is 2.44. The molecule has 1 saturated carbocycles. The van der Waals surface area contributed by atoms with Crippen molar-refractivity contribution < 1.29 is 0 Å². The highest BCUT2D eigenvalue weighted by Gasteiger charge is 2.30. The third kappa shape index (κ3) is 1.95. The first kappa shape index (κ1) is 10.8. The zero-order valence-electron chi connectivity index (χ0n) is 10.2. The van der Waals surface area contributed by atoms with E-state index in [1.807, 2.05) is 0 Å². The summed E-state index contributed by atoms with van der Waals surface area (Å²) in [6.07, 6.45) is 2.62. The number of hydrogen-bond acceptors (Lipinski definition) is 3. The van der Waals surface area contributed by atoms with Crippen molar-refractivity contribution in [2.24, 2.45) is 10.7 Å². The SMILES string of the molecule is Cc1cccc(C(N)C2=NCCN2)c1C1CC1. The Morgan fingerprint density at radius 3 is 2.88 bits per heavy atom. The quantitative estimate of drug-likeness (QED) is 0.831. The molecule has 1 aliphatic carbocycles. The van der Waals surface area contributed by atoms with Crippen molar-refractivity contribution in [2.75, 3.05) is 13.1 Å². The second-order valence-corrected chi connectivity index (χ2v) is 5.02. The summed E-state index contributed by atoms with van der Waals surface area (Å²) in [4.78, 5) is 4.44. The lowest BCUT2D eigenvalue weighted by Crippen LogP contribution is -2.31. The third-order valence-electron chi connectivity index (χ3n) is 3.67.